The first-order valence-corrected chi connectivity index (χ1v) is 19.9. The molecule has 1 heterocycles. The second-order valence-electron chi connectivity index (χ2n) is 15.0. The van der Waals surface area contributed by atoms with Gasteiger partial charge in [0, 0.05) is 33.5 Å². The van der Waals surface area contributed by atoms with Crippen LogP contribution >= 0.6 is 0 Å². The maximum atomic E-state index is 2.42. The van der Waals surface area contributed by atoms with Crippen LogP contribution in [0.25, 0.3) is 82.4 Å². The van der Waals surface area contributed by atoms with E-state index in [1.807, 2.05) is 0 Å². The fraction of sp³-hybridized carbons (Fsp3) is 0. The summed E-state index contributed by atoms with van der Waals surface area (Å²) in [6, 6.07) is 83.6. The Kier molecular flexibility index (Phi) is 8.19. The lowest BCUT2D eigenvalue weighted by Crippen LogP contribution is -2.10. The van der Waals surface area contributed by atoms with Crippen molar-refractivity contribution in [2.45, 2.75) is 0 Å². The highest BCUT2D eigenvalue weighted by Gasteiger charge is 2.17. The molecule has 10 aromatic carbocycles. The number of fused-ring (bicyclic) bond motifs is 6. The lowest BCUT2D eigenvalue weighted by Gasteiger charge is -2.26. The SMILES string of the molecule is c1ccc(-c2ccc(N(c3ccc(-c4ccc5cc(-n6c7ccccc7c7c8ccccc8ccc76)ccc5c4)cc3)c3cccc(-c4ccccc4)c3)cc2)cc1. The summed E-state index contributed by atoms with van der Waals surface area (Å²) < 4.78 is 2.42. The van der Waals surface area contributed by atoms with Gasteiger partial charge >= 0.3 is 0 Å². The lowest BCUT2D eigenvalue weighted by molar-refractivity contribution is 1.19. The van der Waals surface area contributed by atoms with Crippen LogP contribution < -0.4 is 4.90 Å². The van der Waals surface area contributed by atoms with E-state index in [-0.39, 0.29) is 0 Å². The second kappa shape index (κ2) is 14.1. The normalized spacial score (nSPS) is 11.4. The summed E-state index contributed by atoms with van der Waals surface area (Å²) in [5.41, 5.74) is 14.1. The molecule has 0 atom stereocenters. The zero-order valence-electron chi connectivity index (χ0n) is 31.8. The lowest BCUT2D eigenvalue weighted by atomic mass is 10.00. The standard InChI is InChI=1S/C56H38N2/c1-3-12-39(13-4-1)41-24-30-48(31-25-41)57(50-18-11-17-44(37-50)40-14-5-2-6-15-40)49-32-26-42(27-33-49)45-22-23-47-38-51(34-28-46(47)36-45)58-54-21-10-9-20-53(54)56-52-19-8-7-16-43(52)29-35-55(56)58/h1-38H. The zero-order valence-corrected chi connectivity index (χ0v) is 31.8. The average molecular weight is 739 g/mol. The highest BCUT2D eigenvalue weighted by Crippen LogP contribution is 2.40. The van der Waals surface area contributed by atoms with Crippen molar-refractivity contribution in [1.82, 2.24) is 4.57 Å². The molecule has 2 heteroatoms. The van der Waals surface area contributed by atoms with E-state index in [9.17, 15) is 0 Å². The predicted molar refractivity (Wildman–Crippen MR) is 247 cm³/mol. The number of hydrogen-bond acceptors (Lipinski definition) is 1. The van der Waals surface area contributed by atoms with Gasteiger partial charge in [0.2, 0.25) is 0 Å². The monoisotopic (exact) mass is 738 g/mol. The Morgan fingerprint density at radius 3 is 1.53 bits per heavy atom. The molecule has 0 N–H and O–H groups in total. The topological polar surface area (TPSA) is 8.17 Å². The van der Waals surface area contributed by atoms with Crippen LogP contribution in [-0.4, -0.2) is 4.57 Å². The minimum atomic E-state index is 1.10. The first-order valence-electron chi connectivity index (χ1n) is 19.9. The van der Waals surface area contributed by atoms with E-state index in [4.69, 9.17) is 0 Å². The smallest absolute Gasteiger partial charge is 0.0547 e. The first-order chi connectivity index (χ1) is 28.7. The Balaban J connectivity index is 0.951. The largest absolute Gasteiger partial charge is 0.310 e. The van der Waals surface area contributed by atoms with Crippen molar-refractivity contribution >= 4 is 60.4 Å². The fourth-order valence-corrected chi connectivity index (χ4v) is 8.71. The summed E-state index contributed by atoms with van der Waals surface area (Å²) >= 11 is 0. The van der Waals surface area contributed by atoms with Gasteiger partial charge in [-0.1, -0.05) is 164 Å². The van der Waals surface area contributed by atoms with Gasteiger partial charge in [0.25, 0.3) is 0 Å². The second-order valence-corrected chi connectivity index (χ2v) is 15.0. The third-order valence-electron chi connectivity index (χ3n) is 11.5. The molecule has 0 spiro atoms. The molecule has 0 unspecified atom stereocenters. The molecular formula is C56H38N2. The van der Waals surface area contributed by atoms with Crippen LogP contribution in [0, 0.1) is 0 Å². The molecule has 0 amide bonds. The Hall–Kier alpha value is -7.68. The number of anilines is 3. The molecule has 11 rings (SSSR count). The van der Waals surface area contributed by atoms with Crippen molar-refractivity contribution in [3.05, 3.63) is 231 Å². The van der Waals surface area contributed by atoms with Crippen LogP contribution in [0.4, 0.5) is 17.1 Å². The molecule has 0 aliphatic rings. The molecule has 0 fully saturated rings. The summed E-state index contributed by atoms with van der Waals surface area (Å²) in [5, 5.41) is 7.57. The number of benzene rings is 10. The molecule has 272 valence electrons. The molecule has 0 aliphatic heterocycles. The Morgan fingerprint density at radius 2 is 0.793 bits per heavy atom. The van der Waals surface area contributed by atoms with E-state index in [0.717, 1.165) is 17.1 Å². The Bertz CT molecular complexity index is 3250. The van der Waals surface area contributed by atoms with Crippen molar-refractivity contribution in [2.24, 2.45) is 0 Å². The summed E-state index contributed by atoms with van der Waals surface area (Å²) in [6.45, 7) is 0. The van der Waals surface area contributed by atoms with E-state index >= 15 is 0 Å². The molecule has 0 aliphatic carbocycles. The van der Waals surface area contributed by atoms with E-state index in [2.05, 4.69) is 240 Å². The molecule has 11 aromatic rings. The molecular weight excluding hydrogens is 701 g/mol. The van der Waals surface area contributed by atoms with Gasteiger partial charge in [0.1, 0.15) is 0 Å². The summed E-state index contributed by atoms with van der Waals surface area (Å²) in [6.07, 6.45) is 0. The van der Waals surface area contributed by atoms with Crippen LogP contribution in [-0.2, 0) is 0 Å². The van der Waals surface area contributed by atoms with E-state index in [1.165, 1.54) is 82.4 Å². The van der Waals surface area contributed by atoms with Gasteiger partial charge in [-0.05, 0) is 122 Å². The molecule has 58 heavy (non-hydrogen) atoms. The number of rotatable bonds is 7. The van der Waals surface area contributed by atoms with E-state index in [1.54, 1.807) is 0 Å². The number of para-hydroxylation sites is 1. The summed E-state index contributed by atoms with van der Waals surface area (Å²) in [7, 11) is 0. The van der Waals surface area contributed by atoms with Gasteiger partial charge in [0.15, 0.2) is 0 Å². The third-order valence-corrected chi connectivity index (χ3v) is 11.5. The molecule has 0 saturated heterocycles. The number of nitrogens with zero attached hydrogens (tertiary/aromatic N) is 2. The maximum absolute atomic E-state index is 2.42. The Morgan fingerprint density at radius 1 is 0.276 bits per heavy atom. The minimum Gasteiger partial charge on any atom is -0.310 e. The third kappa shape index (κ3) is 5.91. The van der Waals surface area contributed by atoms with Crippen molar-refractivity contribution in [3.8, 4) is 39.1 Å². The predicted octanol–water partition coefficient (Wildman–Crippen LogP) is 15.6. The molecule has 0 saturated carbocycles. The van der Waals surface area contributed by atoms with Gasteiger partial charge in [0.05, 0.1) is 11.0 Å². The van der Waals surface area contributed by atoms with Crippen molar-refractivity contribution in [3.63, 3.8) is 0 Å². The van der Waals surface area contributed by atoms with Crippen molar-refractivity contribution in [1.29, 1.82) is 0 Å². The highest BCUT2D eigenvalue weighted by atomic mass is 15.1. The number of aromatic nitrogens is 1. The van der Waals surface area contributed by atoms with Gasteiger partial charge in [-0.2, -0.15) is 0 Å². The highest BCUT2D eigenvalue weighted by molar-refractivity contribution is 6.21. The minimum absolute atomic E-state index is 1.10. The molecule has 2 nitrogen and oxygen atoms in total. The van der Waals surface area contributed by atoms with Gasteiger partial charge < -0.3 is 9.47 Å². The molecule has 0 bridgehead atoms. The van der Waals surface area contributed by atoms with Crippen LogP contribution in [0.5, 0.6) is 0 Å². The first kappa shape index (κ1) is 33.6. The van der Waals surface area contributed by atoms with Crippen molar-refractivity contribution < 1.29 is 0 Å². The van der Waals surface area contributed by atoms with Crippen LogP contribution in [0.3, 0.4) is 0 Å². The Labute approximate surface area is 338 Å². The van der Waals surface area contributed by atoms with E-state index < -0.39 is 0 Å². The average Bonchev–Trinajstić information content (AvgIpc) is 3.65. The summed E-state index contributed by atoms with van der Waals surface area (Å²) in [4.78, 5) is 2.35. The van der Waals surface area contributed by atoms with Gasteiger partial charge in [-0.3, -0.25) is 0 Å². The summed E-state index contributed by atoms with van der Waals surface area (Å²) in [5.74, 6) is 0. The molecule has 1 aromatic heterocycles. The quantitative estimate of drug-likeness (QED) is 0.158. The van der Waals surface area contributed by atoms with Gasteiger partial charge in [-0.25, -0.2) is 0 Å². The van der Waals surface area contributed by atoms with Crippen molar-refractivity contribution in [2.75, 3.05) is 4.90 Å². The van der Waals surface area contributed by atoms with E-state index in [0.29, 0.717) is 0 Å². The van der Waals surface area contributed by atoms with Crippen LogP contribution in [0.2, 0.25) is 0 Å². The van der Waals surface area contributed by atoms with Crippen LogP contribution in [0.15, 0.2) is 231 Å². The van der Waals surface area contributed by atoms with Crippen LogP contribution in [0.1, 0.15) is 0 Å². The molecule has 0 radical (unpaired) electrons. The van der Waals surface area contributed by atoms with Gasteiger partial charge in [-0.15, -0.1) is 0 Å². The maximum Gasteiger partial charge on any atom is 0.0547 e. The number of hydrogen-bond donors (Lipinski definition) is 0. The zero-order chi connectivity index (χ0) is 38.4. The fourth-order valence-electron chi connectivity index (χ4n) is 8.71.